The van der Waals surface area contributed by atoms with E-state index in [2.05, 4.69) is 5.32 Å². The summed E-state index contributed by atoms with van der Waals surface area (Å²) in [6.07, 6.45) is -1.12. The van der Waals surface area contributed by atoms with Gasteiger partial charge in [0.05, 0.1) is 5.56 Å². The molecular weight excluding hydrogens is 279 g/mol. The fourth-order valence-electron chi connectivity index (χ4n) is 1.99. The number of benzene rings is 1. The molecule has 0 aliphatic carbocycles. The van der Waals surface area contributed by atoms with Gasteiger partial charge in [0.1, 0.15) is 5.82 Å². The molecule has 1 heterocycles. The van der Waals surface area contributed by atoms with Crippen LogP contribution >= 0.6 is 0 Å². The van der Waals surface area contributed by atoms with E-state index in [0.29, 0.717) is 12.1 Å². The van der Waals surface area contributed by atoms with E-state index in [0.717, 1.165) is 11.0 Å². The van der Waals surface area contributed by atoms with Gasteiger partial charge in [0.2, 0.25) is 0 Å². The quantitative estimate of drug-likeness (QED) is 0.851. The van der Waals surface area contributed by atoms with Crippen LogP contribution in [0, 0.1) is 12.7 Å². The standard InChI is InChI=1S/C14H15FN2O4/c1-8-3-4-10(15)7-11(8)13(19)21-9(2)12(18)17-6-5-16-14(17)20/h3-4,7,9H,5-6H2,1-2H3,(H,16,20)/t9-/m1/s1. The third-order valence-electron chi connectivity index (χ3n) is 3.17. The molecule has 112 valence electrons. The molecule has 0 unspecified atom stereocenters. The summed E-state index contributed by atoms with van der Waals surface area (Å²) in [5.41, 5.74) is 0.598. The Bertz CT molecular complexity index is 603. The summed E-state index contributed by atoms with van der Waals surface area (Å²) in [5.74, 6) is -1.97. The summed E-state index contributed by atoms with van der Waals surface area (Å²) in [6.45, 7) is 3.61. The molecular formula is C14H15FN2O4. The van der Waals surface area contributed by atoms with Crippen LogP contribution in [0.5, 0.6) is 0 Å². The molecule has 0 bridgehead atoms. The molecule has 1 aromatic carbocycles. The molecule has 6 nitrogen and oxygen atoms in total. The summed E-state index contributed by atoms with van der Waals surface area (Å²) in [7, 11) is 0. The van der Waals surface area contributed by atoms with E-state index in [1.54, 1.807) is 6.92 Å². The molecule has 2 rings (SSSR count). The third kappa shape index (κ3) is 3.18. The van der Waals surface area contributed by atoms with Crippen molar-refractivity contribution in [2.45, 2.75) is 20.0 Å². The fraction of sp³-hybridized carbons (Fsp3) is 0.357. The van der Waals surface area contributed by atoms with Gasteiger partial charge in [0, 0.05) is 13.1 Å². The maximum absolute atomic E-state index is 13.2. The number of aryl methyl sites for hydroxylation is 1. The van der Waals surface area contributed by atoms with Crippen molar-refractivity contribution in [3.05, 3.63) is 35.1 Å². The summed E-state index contributed by atoms with van der Waals surface area (Å²) >= 11 is 0. The molecule has 1 N–H and O–H groups in total. The monoisotopic (exact) mass is 294 g/mol. The van der Waals surface area contributed by atoms with E-state index in [1.165, 1.54) is 19.1 Å². The SMILES string of the molecule is Cc1ccc(F)cc1C(=O)O[C@H](C)C(=O)N1CCNC1=O. The first kappa shape index (κ1) is 15.0. The van der Waals surface area contributed by atoms with Crippen LogP contribution in [-0.2, 0) is 9.53 Å². The van der Waals surface area contributed by atoms with E-state index in [-0.39, 0.29) is 12.1 Å². The number of carbonyl (C=O) groups excluding carboxylic acids is 3. The minimum Gasteiger partial charge on any atom is -0.449 e. The fourth-order valence-corrected chi connectivity index (χ4v) is 1.99. The Morgan fingerprint density at radius 1 is 1.43 bits per heavy atom. The Kier molecular flexibility index (Phi) is 4.21. The number of amides is 3. The number of hydrogen-bond donors (Lipinski definition) is 1. The molecule has 0 spiro atoms. The topological polar surface area (TPSA) is 75.7 Å². The summed E-state index contributed by atoms with van der Waals surface area (Å²) in [4.78, 5) is 36.3. The molecule has 7 heteroatoms. The van der Waals surface area contributed by atoms with Crippen LogP contribution in [-0.4, -0.2) is 42.0 Å². The van der Waals surface area contributed by atoms with Gasteiger partial charge in [-0.05, 0) is 31.5 Å². The van der Waals surface area contributed by atoms with Crippen LogP contribution in [0.25, 0.3) is 0 Å². The van der Waals surface area contributed by atoms with Gasteiger partial charge in [0.15, 0.2) is 6.10 Å². The average molecular weight is 294 g/mol. The number of carbonyl (C=O) groups is 3. The predicted molar refractivity (Wildman–Crippen MR) is 71.1 cm³/mol. The average Bonchev–Trinajstić information content (AvgIpc) is 2.86. The number of hydrogen-bond acceptors (Lipinski definition) is 4. The lowest BCUT2D eigenvalue weighted by Gasteiger charge is -2.18. The summed E-state index contributed by atoms with van der Waals surface area (Å²) in [6, 6.07) is 3.23. The van der Waals surface area contributed by atoms with Crippen molar-refractivity contribution in [3.8, 4) is 0 Å². The largest absolute Gasteiger partial charge is 0.449 e. The molecule has 3 amide bonds. The van der Waals surface area contributed by atoms with Crippen LogP contribution in [0.15, 0.2) is 18.2 Å². The van der Waals surface area contributed by atoms with Crippen molar-refractivity contribution in [1.29, 1.82) is 0 Å². The Hall–Kier alpha value is -2.44. The highest BCUT2D eigenvalue weighted by Crippen LogP contribution is 2.13. The van der Waals surface area contributed by atoms with Crippen molar-refractivity contribution < 1.29 is 23.5 Å². The number of esters is 1. The number of urea groups is 1. The van der Waals surface area contributed by atoms with Crippen LogP contribution in [0.2, 0.25) is 0 Å². The molecule has 1 saturated heterocycles. The van der Waals surface area contributed by atoms with E-state index in [1.807, 2.05) is 0 Å². The zero-order valence-corrected chi connectivity index (χ0v) is 11.7. The molecule has 1 aromatic rings. The second-order valence-electron chi connectivity index (χ2n) is 4.73. The van der Waals surface area contributed by atoms with Gasteiger partial charge in [-0.3, -0.25) is 9.69 Å². The van der Waals surface area contributed by atoms with Gasteiger partial charge in [0.25, 0.3) is 5.91 Å². The van der Waals surface area contributed by atoms with E-state index >= 15 is 0 Å². The molecule has 21 heavy (non-hydrogen) atoms. The van der Waals surface area contributed by atoms with Crippen molar-refractivity contribution in [1.82, 2.24) is 10.2 Å². The number of nitrogens with zero attached hydrogens (tertiary/aromatic N) is 1. The number of imide groups is 1. The highest BCUT2D eigenvalue weighted by molar-refractivity contribution is 5.99. The first-order valence-corrected chi connectivity index (χ1v) is 6.46. The predicted octanol–water partition coefficient (Wildman–Crippen LogP) is 1.23. The Morgan fingerprint density at radius 3 is 2.76 bits per heavy atom. The lowest BCUT2D eigenvalue weighted by atomic mass is 10.1. The van der Waals surface area contributed by atoms with Crippen molar-refractivity contribution >= 4 is 17.9 Å². The first-order valence-electron chi connectivity index (χ1n) is 6.46. The number of rotatable bonds is 3. The van der Waals surface area contributed by atoms with Gasteiger partial charge < -0.3 is 10.1 Å². The molecule has 0 saturated carbocycles. The maximum atomic E-state index is 13.2. The molecule has 1 aliphatic heterocycles. The normalized spacial score (nSPS) is 15.6. The van der Waals surface area contributed by atoms with Crippen LogP contribution < -0.4 is 5.32 Å². The highest BCUT2D eigenvalue weighted by atomic mass is 19.1. The zero-order valence-electron chi connectivity index (χ0n) is 11.7. The Morgan fingerprint density at radius 2 is 2.14 bits per heavy atom. The van der Waals surface area contributed by atoms with E-state index < -0.39 is 29.8 Å². The van der Waals surface area contributed by atoms with Gasteiger partial charge in [-0.15, -0.1) is 0 Å². The Labute approximate surface area is 120 Å². The maximum Gasteiger partial charge on any atom is 0.339 e. The van der Waals surface area contributed by atoms with Crippen molar-refractivity contribution in [3.63, 3.8) is 0 Å². The lowest BCUT2D eigenvalue weighted by Crippen LogP contribution is -2.41. The van der Waals surface area contributed by atoms with E-state index in [4.69, 9.17) is 4.74 Å². The zero-order chi connectivity index (χ0) is 15.6. The first-order chi connectivity index (χ1) is 9.90. The van der Waals surface area contributed by atoms with Crippen LogP contribution in [0.1, 0.15) is 22.8 Å². The number of ether oxygens (including phenoxy) is 1. The molecule has 1 atom stereocenters. The van der Waals surface area contributed by atoms with Crippen LogP contribution in [0.4, 0.5) is 9.18 Å². The second-order valence-corrected chi connectivity index (χ2v) is 4.73. The minimum absolute atomic E-state index is 0.0560. The van der Waals surface area contributed by atoms with Gasteiger partial charge in [-0.25, -0.2) is 14.0 Å². The van der Waals surface area contributed by atoms with Crippen LogP contribution in [0.3, 0.4) is 0 Å². The van der Waals surface area contributed by atoms with Gasteiger partial charge >= 0.3 is 12.0 Å². The minimum atomic E-state index is -1.12. The summed E-state index contributed by atoms with van der Waals surface area (Å²) in [5, 5.41) is 2.48. The number of nitrogens with one attached hydrogen (secondary N) is 1. The Balaban J connectivity index is 2.06. The smallest absolute Gasteiger partial charge is 0.339 e. The molecule has 0 radical (unpaired) electrons. The van der Waals surface area contributed by atoms with Crippen molar-refractivity contribution in [2.24, 2.45) is 0 Å². The number of halogens is 1. The van der Waals surface area contributed by atoms with Crippen molar-refractivity contribution in [2.75, 3.05) is 13.1 Å². The molecule has 0 aromatic heterocycles. The lowest BCUT2D eigenvalue weighted by molar-refractivity contribution is -0.136. The van der Waals surface area contributed by atoms with Gasteiger partial charge in [-0.1, -0.05) is 6.07 Å². The summed E-state index contributed by atoms with van der Waals surface area (Å²) < 4.78 is 18.2. The molecule has 1 aliphatic rings. The molecule has 1 fully saturated rings. The third-order valence-corrected chi connectivity index (χ3v) is 3.17. The van der Waals surface area contributed by atoms with Gasteiger partial charge in [-0.2, -0.15) is 0 Å². The highest BCUT2D eigenvalue weighted by Gasteiger charge is 2.31. The second kappa shape index (κ2) is 5.90. The van der Waals surface area contributed by atoms with E-state index in [9.17, 15) is 18.8 Å².